The molecule has 25 heavy (non-hydrogen) atoms. The molecule has 1 aromatic heterocycles. The Hall–Kier alpha value is -2.61. The summed E-state index contributed by atoms with van der Waals surface area (Å²) >= 11 is 3.06. The standard InChI is InChI=1S/C17H17BrN2O5/c1-2-11-5-3-4-6-12(11)20-15(21)9-19-16(22)10-24-17(23)13-7-8-14(18)25-13/h3-8H,2,9-10H2,1H3,(H,19,22)(H,20,21). The van der Waals surface area contributed by atoms with E-state index in [0.717, 1.165) is 12.0 Å². The summed E-state index contributed by atoms with van der Waals surface area (Å²) < 4.78 is 10.2. The predicted molar refractivity (Wildman–Crippen MR) is 94.1 cm³/mol. The van der Waals surface area contributed by atoms with Crippen molar-refractivity contribution in [3.05, 3.63) is 52.4 Å². The second-order valence-corrected chi connectivity index (χ2v) is 5.80. The van der Waals surface area contributed by atoms with Crippen molar-refractivity contribution in [2.45, 2.75) is 13.3 Å². The Morgan fingerprint density at radius 2 is 1.88 bits per heavy atom. The van der Waals surface area contributed by atoms with Crippen LogP contribution in [-0.4, -0.2) is 30.9 Å². The van der Waals surface area contributed by atoms with Gasteiger partial charge in [-0.1, -0.05) is 25.1 Å². The molecule has 7 nitrogen and oxygen atoms in total. The number of rotatable bonds is 7. The van der Waals surface area contributed by atoms with E-state index in [1.165, 1.54) is 12.1 Å². The third-order valence-electron chi connectivity index (χ3n) is 3.23. The van der Waals surface area contributed by atoms with Crippen LogP contribution in [0.15, 0.2) is 45.5 Å². The minimum absolute atomic E-state index is 0.0198. The van der Waals surface area contributed by atoms with Crippen molar-refractivity contribution in [3.8, 4) is 0 Å². The molecule has 2 N–H and O–H groups in total. The van der Waals surface area contributed by atoms with Crippen molar-refractivity contribution >= 4 is 39.4 Å². The first-order valence-electron chi connectivity index (χ1n) is 7.56. The van der Waals surface area contributed by atoms with Crippen LogP contribution in [0.3, 0.4) is 0 Å². The molecule has 0 atom stereocenters. The fourth-order valence-electron chi connectivity index (χ4n) is 2.00. The zero-order valence-corrected chi connectivity index (χ0v) is 15.1. The lowest BCUT2D eigenvalue weighted by Gasteiger charge is -2.10. The normalized spacial score (nSPS) is 10.2. The summed E-state index contributed by atoms with van der Waals surface area (Å²) in [6, 6.07) is 10.4. The molecule has 0 aliphatic carbocycles. The molecule has 2 amide bonds. The van der Waals surface area contributed by atoms with Crippen molar-refractivity contribution in [3.63, 3.8) is 0 Å². The van der Waals surface area contributed by atoms with Crippen LogP contribution in [0.1, 0.15) is 23.0 Å². The van der Waals surface area contributed by atoms with Gasteiger partial charge in [0.25, 0.3) is 5.91 Å². The second-order valence-electron chi connectivity index (χ2n) is 5.02. The van der Waals surface area contributed by atoms with E-state index in [2.05, 4.69) is 26.6 Å². The quantitative estimate of drug-likeness (QED) is 0.685. The maximum atomic E-state index is 11.9. The molecule has 0 saturated carbocycles. The number of halogens is 1. The molecule has 0 aliphatic rings. The highest BCUT2D eigenvalue weighted by atomic mass is 79.9. The molecule has 0 radical (unpaired) electrons. The number of para-hydroxylation sites is 1. The molecular weight excluding hydrogens is 392 g/mol. The van der Waals surface area contributed by atoms with Gasteiger partial charge in [0.05, 0.1) is 6.54 Å². The average molecular weight is 409 g/mol. The molecule has 132 valence electrons. The van der Waals surface area contributed by atoms with Gasteiger partial charge in [-0.15, -0.1) is 0 Å². The Balaban J connectivity index is 1.74. The fourth-order valence-corrected chi connectivity index (χ4v) is 2.31. The van der Waals surface area contributed by atoms with Crippen LogP contribution in [-0.2, 0) is 20.7 Å². The Bertz CT molecular complexity index is 772. The number of benzene rings is 1. The molecule has 0 fully saturated rings. The number of carbonyl (C=O) groups is 3. The average Bonchev–Trinajstić information content (AvgIpc) is 3.05. The first-order chi connectivity index (χ1) is 12.0. The molecule has 0 saturated heterocycles. The van der Waals surface area contributed by atoms with Crippen LogP contribution in [0.25, 0.3) is 0 Å². The van der Waals surface area contributed by atoms with E-state index in [4.69, 9.17) is 9.15 Å². The topological polar surface area (TPSA) is 97.6 Å². The SMILES string of the molecule is CCc1ccccc1NC(=O)CNC(=O)COC(=O)c1ccc(Br)o1. The molecular formula is C17H17BrN2O5. The van der Waals surface area contributed by atoms with Gasteiger partial charge in [0, 0.05) is 5.69 Å². The molecule has 2 rings (SSSR count). The number of hydrogen-bond donors (Lipinski definition) is 2. The van der Waals surface area contributed by atoms with Crippen LogP contribution in [0, 0.1) is 0 Å². The van der Waals surface area contributed by atoms with Crippen molar-refractivity contribution in [2.24, 2.45) is 0 Å². The summed E-state index contributed by atoms with van der Waals surface area (Å²) in [5.41, 5.74) is 1.71. The zero-order chi connectivity index (χ0) is 18.2. The van der Waals surface area contributed by atoms with E-state index in [9.17, 15) is 14.4 Å². The third kappa shape index (κ3) is 5.75. The summed E-state index contributed by atoms with van der Waals surface area (Å²) in [5.74, 6) is -1.73. The summed E-state index contributed by atoms with van der Waals surface area (Å²) in [6.45, 7) is 1.26. The molecule has 0 bridgehead atoms. The minimum atomic E-state index is -0.762. The van der Waals surface area contributed by atoms with Crippen molar-refractivity contribution in [1.29, 1.82) is 0 Å². The molecule has 8 heteroatoms. The number of esters is 1. The fraction of sp³-hybridized carbons (Fsp3) is 0.235. The van der Waals surface area contributed by atoms with Crippen molar-refractivity contribution < 1.29 is 23.5 Å². The third-order valence-corrected chi connectivity index (χ3v) is 3.65. The highest BCUT2D eigenvalue weighted by Crippen LogP contribution is 2.15. The van der Waals surface area contributed by atoms with Gasteiger partial charge in [-0.3, -0.25) is 9.59 Å². The number of furan rings is 1. The van der Waals surface area contributed by atoms with Gasteiger partial charge in [-0.2, -0.15) is 0 Å². The maximum Gasteiger partial charge on any atom is 0.374 e. The van der Waals surface area contributed by atoms with Crippen molar-refractivity contribution in [1.82, 2.24) is 5.32 Å². The van der Waals surface area contributed by atoms with Gasteiger partial charge in [-0.25, -0.2) is 4.79 Å². The summed E-state index contributed by atoms with van der Waals surface area (Å²) in [7, 11) is 0. The highest BCUT2D eigenvalue weighted by Gasteiger charge is 2.14. The molecule has 1 heterocycles. The smallest absolute Gasteiger partial charge is 0.374 e. The summed E-state index contributed by atoms with van der Waals surface area (Å²) in [4.78, 5) is 35.2. The van der Waals surface area contributed by atoms with Crippen LogP contribution in [0.4, 0.5) is 5.69 Å². The Morgan fingerprint density at radius 3 is 2.56 bits per heavy atom. The van der Waals surface area contributed by atoms with E-state index in [0.29, 0.717) is 10.4 Å². The number of aryl methyl sites for hydroxylation is 1. The largest absolute Gasteiger partial charge is 0.450 e. The molecule has 0 spiro atoms. The lowest BCUT2D eigenvalue weighted by atomic mass is 10.1. The number of nitrogens with one attached hydrogen (secondary N) is 2. The van der Waals surface area contributed by atoms with Gasteiger partial charge < -0.3 is 19.8 Å². The predicted octanol–water partition coefficient (Wildman–Crippen LogP) is 2.52. The first-order valence-corrected chi connectivity index (χ1v) is 8.35. The van der Waals surface area contributed by atoms with E-state index >= 15 is 0 Å². The summed E-state index contributed by atoms with van der Waals surface area (Å²) in [6.07, 6.45) is 0.779. The number of hydrogen-bond acceptors (Lipinski definition) is 5. The van der Waals surface area contributed by atoms with Crippen LogP contribution >= 0.6 is 15.9 Å². The van der Waals surface area contributed by atoms with Gasteiger partial charge in [0.15, 0.2) is 11.3 Å². The number of ether oxygens (including phenoxy) is 1. The van der Waals surface area contributed by atoms with Crippen molar-refractivity contribution in [2.75, 3.05) is 18.5 Å². The van der Waals surface area contributed by atoms with E-state index in [-0.39, 0.29) is 18.2 Å². The van der Waals surface area contributed by atoms with E-state index in [1.807, 2.05) is 25.1 Å². The number of carbonyl (C=O) groups excluding carboxylic acids is 3. The molecule has 0 unspecified atom stereocenters. The van der Waals surface area contributed by atoms with E-state index in [1.54, 1.807) is 6.07 Å². The molecule has 1 aromatic carbocycles. The van der Waals surface area contributed by atoms with Gasteiger partial charge >= 0.3 is 5.97 Å². The summed E-state index contributed by atoms with van der Waals surface area (Å²) in [5, 5.41) is 5.11. The first kappa shape index (κ1) is 18.7. The van der Waals surface area contributed by atoms with Gasteiger partial charge in [0.2, 0.25) is 11.7 Å². The van der Waals surface area contributed by atoms with Crippen LogP contribution in [0.5, 0.6) is 0 Å². The lowest BCUT2D eigenvalue weighted by molar-refractivity contribution is -0.126. The van der Waals surface area contributed by atoms with Gasteiger partial charge in [0.1, 0.15) is 0 Å². The van der Waals surface area contributed by atoms with Crippen LogP contribution < -0.4 is 10.6 Å². The lowest BCUT2D eigenvalue weighted by Crippen LogP contribution is -2.35. The minimum Gasteiger partial charge on any atom is -0.450 e. The Labute approximate surface area is 152 Å². The highest BCUT2D eigenvalue weighted by molar-refractivity contribution is 9.10. The Kier molecular flexibility index (Phi) is 6.76. The number of amides is 2. The Morgan fingerprint density at radius 1 is 1.12 bits per heavy atom. The number of anilines is 1. The van der Waals surface area contributed by atoms with E-state index < -0.39 is 18.5 Å². The van der Waals surface area contributed by atoms with Crippen LogP contribution in [0.2, 0.25) is 0 Å². The molecule has 2 aromatic rings. The maximum absolute atomic E-state index is 11.9. The second kappa shape index (κ2) is 9.03. The zero-order valence-electron chi connectivity index (χ0n) is 13.5. The molecule has 0 aliphatic heterocycles. The van der Waals surface area contributed by atoms with Gasteiger partial charge in [-0.05, 0) is 46.1 Å². The monoisotopic (exact) mass is 408 g/mol.